The summed E-state index contributed by atoms with van der Waals surface area (Å²) in [6, 6.07) is 4.74. The molecule has 0 aliphatic rings. The number of quaternary nitrogens is 1. The van der Waals surface area contributed by atoms with Crippen LogP contribution in [0.2, 0.25) is 0 Å². The first-order valence-corrected chi connectivity index (χ1v) is 4.82. The average molecular weight is 226 g/mol. The molecule has 0 saturated heterocycles. The van der Waals surface area contributed by atoms with Crippen molar-refractivity contribution in [1.29, 1.82) is 0 Å². The van der Waals surface area contributed by atoms with Crippen molar-refractivity contribution in [1.82, 2.24) is 0 Å². The molecule has 0 spiro atoms. The van der Waals surface area contributed by atoms with Gasteiger partial charge in [0.05, 0.1) is 6.61 Å². The first-order valence-electron chi connectivity index (χ1n) is 4.82. The van der Waals surface area contributed by atoms with Crippen molar-refractivity contribution in [2.45, 2.75) is 13.8 Å². The molecule has 1 unspecified atom stereocenters. The van der Waals surface area contributed by atoms with Gasteiger partial charge in [-0.2, -0.15) is 5.23 Å². The Morgan fingerprint density at radius 1 is 1.62 bits per heavy atom. The predicted molar refractivity (Wildman–Crippen MR) is 57.6 cm³/mol. The molecule has 0 radical (unpaired) electrons. The second kappa shape index (κ2) is 5.45. The highest BCUT2D eigenvalue weighted by atomic mass is 16.8. The topological polar surface area (TPSA) is 86.1 Å². The van der Waals surface area contributed by atoms with Gasteiger partial charge in [-0.1, -0.05) is 6.07 Å². The van der Waals surface area contributed by atoms with E-state index in [0.717, 1.165) is 5.56 Å². The molecule has 88 valence electrons. The minimum atomic E-state index is -1.09. The Morgan fingerprint density at radius 2 is 2.31 bits per heavy atom. The number of ether oxygens (including phenoxy) is 1. The van der Waals surface area contributed by atoms with E-state index in [1.165, 1.54) is 12.1 Å². The molecule has 1 atom stereocenters. The van der Waals surface area contributed by atoms with Crippen molar-refractivity contribution in [3.63, 3.8) is 0 Å². The Kier molecular flexibility index (Phi) is 4.24. The van der Waals surface area contributed by atoms with Gasteiger partial charge in [0.15, 0.2) is 5.69 Å². The first-order chi connectivity index (χ1) is 7.54. The summed E-state index contributed by atoms with van der Waals surface area (Å²) in [4.78, 5) is 11.1. The zero-order valence-electron chi connectivity index (χ0n) is 9.11. The van der Waals surface area contributed by atoms with Crippen molar-refractivity contribution >= 4 is 17.5 Å². The molecule has 0 fully saturated rings. The molecule has 16 heavy (non-hydrogen) atoms. The molecule has 1 aromatic carbocycles. The molecule has 0 aromatic heterocycles. The lowest BCUT2D eigenvalue weighted by Gasteiger charge is -2.16. The molecule has 6 nitrogen and oxygen atoms in total. The van der Waals surface area contributed by atoms with Gasteiger partial charge in [0, 0.05) is 6.07 Å². The van der Waals surface area contributed by atoms with Crippen LogP contribution < -0.4 is 10.5 Å². The number of anilines is 1. The number of benzene rings is 1. The van der Waals surface area contributed by atoms with Crippen LogP contribution in [0.15, 0.2) is 18.2 Å². The summed E-state index contributed by atoms with van der Waals surface area (Å²) in [5.41, 5.74) is 1.09. The maximum atomic E-state index is 11.1. The third kappa shape index (κ3) is 3.20. The number of aryl methyl sites for hydroxylation is 1. The van der Waals surface area contributed by atoms with Gasteiger partial charge < -0.3 is 9.94 Å². The summed E-state index contributed by atoms with van der Waals surface area (Å²) in [5.74, 6) is 0. The average Bonchev–Trinajstić information content (AvgIpc) is 2.20. The fraction of sp³-hybridized carbons (Fsp3) is 0.300. The quantitative estimate of drug-likeness (QED) is 0.670. The Hall–Kier alpha value is -1.63. The van der Waals surface area contributed by atoms with Gasteiger partial charge in [0.25, 0.3) is 0 Å². The Morgan fingerprint density at radius 3 is 2.88 bits per heavy atom. The third-order valence-electron chi connectivity index (χ3n) is 1.92. The molecule has 1 amide bonds. The number of carbonyl (C=O) groups excluding carboxylic acids is 1. The molecule has 3 N–H and O–H groups in total. The van der Waals surface area contributed by atoms with Gasteiger partial charge >= 0.3 is 6.09 Å². The van der Waals surface area contributed by atoms with Crippen molar-refractivity contribution in [3.05, 3.63) is 29.0 Å². The number of hydrogen-bond donors (Lipinski definition) is 3. The van der Waals surface area contributed by atoms with Crippen LogP contribution in [0.25, 0.3) is 0 Å². The summed E-state index contributed by atoms with van der Waals surface area (Å²) >= 11 is 0. The molecule has 0 bridgehead atoms. The van der Waals surface area contributed by atoms with E-state index >= 15 is 0 Å². The van der Waals surface area contributed by atoms with Crippen LogP contribution in [-0.4, -0.2) is 17.9 Å². The molecule has 0 saturated carbocycles. The lowest BCUT2D eigenvalue weighted by Crippen LogP contribution is -2.99. The Bertz CT molecular complexity index is 379. The summed E-state index contributed by atoms with van der Waals surface area (Å²) in [5, 5.41) is 21.2. The summed E-state index contributed by atoms with van der Waals surface area (Å²) in [6.45, 7) is 3.69. The van der Waals surface area contributed by atoms with Gasteiger partial charge in [0.1, 0.15) is 5.69 Å². The fourth-order valence-corrected chi connectivity index (χ4v) is 1.22. The summed E-state index contributed by atoms with van der Waals surface area (Å²) < 4.78 is 4.67. The second-order valence-corrected chi connectivity index (χ2v) is 3.20. The van der Waals surface area contributed by atoms with Crippen LogP contribution in [0.5, 0.6) is 0 Å². The first kappa shape index (κ1) is 12.4. The van der Waals surface area contributed by atoms with Crippen molar-refractivity contribution < 1.29 is 20.0 Å². The zero-order valence-corrected chi connectivity index (χ0v) is 9.11. The maximum absolute atomic E-state index is 11.1. The van der Waals surface area contributed by atoms with Crippen LogP contribution in [0, 0.1) is 12.1 Å². The minimum absolute atomic E-state index is 0.0491. The van der Waals surface area contributed by atoms with E-state index in [4.69, 9.17) is 5.21 Å². The molecule has 0 aliphatic heterocycles. The second-order valence-electron chi connectivity index (χ2n) is 3.20. The van der Waals surface area contributed by atoms with Crippen molar-refractivity contribution in [2.24, 2.45) is 0 Å². The normalized spacial score (nSPS) is 12.0. The van der Waals surface area contributed by atoms with Crippen LogP contribution >= 0.6 is 0 Å². The van der Waals surface area contributed by atoms with Crippen LogP contribution in [0.4, 0.5) is 16.2 Å². The molecule has 0 heterocycles. The molecule has 0 aliphatic carbocycles. The molecule has 6 heteroatoms. The van der Waals surface area contributed by atoms with Crippen LogP contribution in [0.1, 0.15) is 12.5 Å². The smallest absolute Gasteiger partial charge is 0.411 e. The molecular weight excluding hydrogens is 212 g/mol. The van der Waals surface area contributed by atoms with Crippen molar-refractivity contribution in [3.8, 4) is 0 Å². The summed E-state index contributed by atoms with van der Waals surface area (Å²) in [7, 11) is 0. The zero-order chi connectivity index (χ0) is 12.1. The van der Waals surface area contributed by atoms with E-state index in [-0.39, 0.29) is 18.0 Å². The Labute approximate surface area is 93.0 Å². The fourth-order valence-electron chi connectivity index (χ4n) is 1.22. The lowest BCUT2D eigenvalue weighted by molar-refractivity contribution is -0.990. The highest BCUT2D eigenvalue weighted by Crippen LogP contribution is 2.19. The predicted octanol–water partition coefficient (Wildman–Crippen LogP) is 0.967. The largest absolute Gasteiger partial charge is 0.595 e. The van der Waals surface area contributed by atoms with E-state index in [2.05, 4.69) is 10.1 Å². The standard InChI is InChI=1S/C10H14N2O4/c1-3-16-10(13)11-8-5-4-7(2)6-9(8)12(14)15/h4-6,12,14H,3H2,1-2H3,(H,11,13). The SMILES string of the molecule is CCOC(=O)Nc1ccc(C)cc1[NH+]([O-])O. The Balaban J connectivity index is 2.90. The van der Waals surface area contributed by atoms with E-state index in [1.807, 2.05) is 0 Å². The number of carbonyl (C=O) groups is 1. The van der Waals surface area contributed by atoms with Crippen LogP contribution in [-0.2, 0) is 4.74 Å². The lowest BCUT2D eigenvalue weighted by atomic mass is 10.2. The van der Waals surface area contributed by atoms with E-state index in [0.29, 0.717) is 0 Å². The summed E-state index contributed by atoms with van der Waals surface area (Å²) in [6.07, 6.45) is -0.658. The van der Waals surface area contributed by atoms with Gasteiger partial charge in [-0.15, -0.1) is 0 Å². The maximum Gasteiger partial charge on any atom is 0.411 e. The molecular formula is C10H14N2O4. The highest BCUT2D eigenvalue weighted by molar-refractivity contribution is 5.87. The number of amides is 1. The number of rotatable bonds is 3. The highest BCUT2D eigenvalue weighted by Gasteiger charge is 2.12. The molecule has 1 aromatic rings. The molecule has 1 rings (SSSR count). The van der Waals surface area contributed by atoms with E-state index < -0.39 is 11.3 Å². The minimum Gasteiger partial charge on any atom is -0.595 e. The van der Waals surface area contributed by atoms with Gasteiger partial charge in [-0.3, -0.25) is 5.32 Å². The van der Waals surface area contributed by atoms with Crippen molar-refractivity contribution in [2.75, 3.05) is 11.9 Å². The van der Waals surface area contributed by atoms with E-state index in [9.17, 15) is 10.0 Å². The van der Waals surface area contributed by atoms with Gasteiger partial charge in [0.2, 0.25) is 0 Å². The van der Waals surface area contributed by atoms with Gasteiger partial charge in [-0.05, 0) is 25.5 Å². The number of nitrogens with one attached hydrogen (secondary N) is 2. The van der Waals surface area contributed by atoms with Crippen LogP contribution in [0.3, 0.4) is 0 Å². The van der Waals surface area contributed by atoms with E-state index in [1.54, 1.807) is 19.9 Å². The number of hydrogen-bond acceptors (Lipinski definition) is 4. The third-order valence-corrected chi connectivity index (χ3v) is 1.92. The van der Waals surface area contributed by atoms with Gasteiger partial charge in [-0.25, -0.2) is 10.0 Å². The monoisotopic (exact) mass is 226 g/mol.